The molecule has 6 aliphatic heterocycles. The van der Waals surface area contributed by atoms with Gasteiger partial charge in [0, 0.05) is 188 Å². The Balaban J connectivity index is 0.000000145. The molecular formula is C106H143Cl5F2N16O8. The van der Waals surface area contributed by atoms with Crippen LogP contribution in [0, 0.1) is 79.8 Å². The van der Waals surface area contributed by atoms with Crippen molar-refractivity contribution in [2.24, 2.45) is 68.5 Å². The van der Waals surface area contributed by atoms with Gasteiger partial charge in [0.05, 0.1) is 115 Å². The summed E-state index contributed by atoms with van der Waals surface area (Å²) in [6.07, 6.45) is 21.8. The van der Waals surface area contributed by atoms with Gasteiger partial charge in [0.25, 0.3) is 5.92 Å². The van der Waals surface area contributed by atoms with Gasteiger partial charge in [-0.3, -0.25) is 30.3 Å². The number of hydrogen-bond acceptors (Lipinski definition) is 18. The Bertz CT molecular complexity index is 5820. The van der Waals surface area contributed by atoms with Crippen molar-refractivity contribution in [3.05, 3.63) is 194 Å². The summed E-state index contributed by atoms with van der Waals surface area (Å²) in [5, 5.41) is 108. The zero-order chi connectivity index (χ0) is 99.0. The number of methoxy groups -OCH3 is 1. The van der Waals surface area contributed by atoms with Crippen molar-refractivity contribution < 1.29 is 48.6 Å². The zero-order valence-corrected chi connectivity index (χ0v) is 85.6. The smallest absolute Gasteiger partial charge is 0.254 e. The molecule has 31 heteroatoms. The van der Waals surface area contributed by atoms with E-state index < -0.39 is 54.2 Å². The summed E-state index contributed by atoms with van der Waals surface area (Å²) >= 11 is 31.3. The minimum absolute atomic E-state index is 0.130. The lowest BCUT2D eigenvalue weighted by Gasteiger charge is -2.44. The lowest BCUT2D eigenvalue weighted by molar-refractivity contribution is -0.140. The average molecular weight is 1980 g/mol. The number of piperidine rings is 5. The number of fused-ring (bicyclic) bond motifs is 5. The molecule has 10 aromatic rings. The Morgan fingerprint density at radius 3 is 0.869 bits per heavy atom. The maximum Gasteiger partial charge on any atom is 0.254 e. The molecule has 10 N–H and O–H groups in total. The highest BCUT2D eigenvalue weighted by Crippen LogP contribution is 2.54. The van der Waals surface area contributed by atoms with Crippen LogP contribution in [0.5, 0.6) is 0 Å². The number of aromatic nitrogens is 10. The van der Waals surface area contributed by atoms with Crippen LogP contribution in [0.15, 0.2) is 141 Å². The fraction of sp³-hybridized carbons (Fsp3) is 0.575. The van der Waals surface area contributed by atoms with Crippen LogP contribution in [0.3, 0.4) is 0 Å². The monoisotopic (exact) mass is 1980 g/mol. The Labute approximate surface area is 831 Å². The standard InChI is InChI=1S/C24H34ClN3O2.C22H30ClN3O.C20H26ClF2N3O2.C20H25ClN4O.C20H28ClN3O2/c1-16(12-17-6-10-30-11-7-17)28-8-4-19(5-9-28)24(2,3)23(29)21-14-20(25)13-18-15-26-27-22(18)21;1-14(10-15-4-5-15)26-8-6-17(7-9-26)22(2,3)21(27)19-12-18(23)11-16-13-24-25-20(16)19;1-19(2,13-4-6-26(7-5-13)16(27)10-20(3,22)23)18(28)15-9-14(21)8-12-11-24-25-17(12)15;1-13(4-7-22)25-8-5-15(6-9-25)20(2,3)19(26)17-11-16(21)10-14-12-23-24-18(14)17;1-13(12-26-4)24-7-5-15(6-8-24)20(2,3)19(25)17-10-16(21)9-14-11-22-23-18(14)17/h13-15,17,19,23,29H,1,4-12H2,2-3H3,(H,26,27);11-13,15,17,21,27H,1,4-10H2,2-3H3,(H,24,25);8-9,11,13,18,28H,4-7,10H2,1-3H3,(H,24,25);10-12,15,19,26H,1,4-6,8-9H2,2-3H3,(H,23,24);9-11,15,19,25H,1,5-8,12H2,2-4H3,(H,22,23)/t23-;21-;18-;2*19-/m11111/s1. The average Bonchev–Trinajstić information content (AvgIpc) is 1.76. The number of allylic oxidation sites excluding steroid dienone is 3. The van der Waals surface area contributed by atoms with Gasteiger partial charge in [-0.1, -0.05) is 154 Å². The predicted molar refractivity (Wildman–Crippen MR) is 545 cm³/mol. The number of benzene rings is 5. The molecule has 744 valence electrons. The number of hydrogen-bond donors (Lipinski definition) is 10. The highest BCUT2D eigenvalue weighted by molar-refractivity contribution is 6.33. The maximum atomic E-state index is 13.1. The second-order valence-corrected chi connectivity index (χ2v) is 44.8. The number of rotatable bonds is 28. The van der Waals surface area contributed by atoms with Crippen molar-refractivity contribution in [2.75, 3.05) is 92.4 Å². The highest BCUT2D eigenvalue weighted by Gasteiger charge is 2.47. The van der Waals surface area contributed by atoms with Gasteiger partial charge in [-0.25, -0.2) is 8.78 Å². The van der Waals surface area contributed by atoms with Gasteiger partial charge in [-0.05, 0) is 239 Å². The van der Waals surface area contributed by atoms with Gasteiger partial charge < -0.3 is 59.5 Å². The summed E-state index contributed by atoms with van der Waals surface area (Å²) in [7, 11) is 1.69. The topological polar surface area (TPSA) is 320 Å². The molecule has 5 atom stereocenters. The van der Waals surface area contributed by atoms with E-state index in [0.29, 0.717) is 99.2 Å². The van der Waals surface area contributed by atoms with E-state index >= 15 is 0 Å². The minimum Gasteiger partial charge on any atom is -0.388 e. The first kappa shape index (κ1) is 106. The third-order valence-corrected chi connectivity index (χ3v) is 32.8. The number of nitrogens with one attached hydrogen (secondary N) is 5. The summed E-state index contributed by atoms with van der Waals surface area (Å²) in [4.78, 5) is 23.0. The number of nitrogens with zero attached hydrogens (tertiary/aromatic N) is 11. The Morgan fingerprint density at radius 1 is 0.401 bits per heavy atom. The molecule has 24 nitrogen and oxygen atoms in total. The van der Waals surface area contributed by atoms with E-state index in [0.717, 1.165) is 244 Å². The van der Waals surface area contributed by atoms with Crippen molar-refractivity contribution >= 4 is 118 Å². The number of aliphatic hydroxyl groups is 5. The Kier molecular flexibility index (Phi) is 35.0. The number of halogens is 7. The molecule has 5 aromatic carbocycles. The number of likely N-dealkylation sites (tertiary alicyclic amines) is 5. The fourth-order valence-electron chi connectivity index (χ4n) is 22.1. The molecule has 7 fully saturated rings. The molecule has 0 spiro atoms. The molecule has 17 rings (SSSR count). The summed E-state index contributed by atoms with van der Waals surface area (Å²) in [6, 6.07) is 20.6. The number of amides is 1. The normalized spacial score (nSPS) is 18.8. The van der Waals surface area contributed by atoms with E-state index in [1.807, 2.05) is 62.4 Å². The SMILES string of the molecule is C=C(CC#N)N1CCC(C(C)(C)[C@H](O)c2cc(Cl)cc3cn[nH]c23)CC1.C=C(CC1CC1)N1CCC(C(C)(C)[C@H](O)c2cc(Cl)cc3cn[nH]c23)CC1.C=C(CC1CCOCC1)N1CCC(C(C)(C)[C@H](O)c2cc(Cl)cc3cn[nH]c23)CC1.C=C(COC)N1CCC(C(C)(C)[C@H](O)c2cc(Cl)cc3cn[nH]c23)CC1.CC(F)(F)CC(=O)N1CCC(C(C)(C)[C@H](O)c2cc(Cl)cc3cn[nH]c23)CC1. The zero-order valence-electron chi connectivity index (χ0n) is 81.9. The van der Waals surface area contributed by atoms with Crippen LogP contribution >= 0.6 is 58.0 Å². The van der Waals surface area contributed by atoms with Crippen LogP contribution in [0.4, 0.5) is 8.78 Å². The largest absolute Gasteiger partial charge is 0.388 e. The summed E-state index contributed by atoms with van der Waals surface area (Å²) in [5.74, 6) is -0.141. The van der Waals surface area contributed by atoms with E-state index in [-0.39, 0.29) is 27.6 Å². The molecule has 1 aliphatic carbocycles. The molecule has 6 saturated heterocycles. The van der Waals surface area contributed by atoms with Crippen LogP contribution in [0.1, 0.15) is 250 Å². The van der Waals surface area contributed by atoms with E-state index in [4.69, 9.17) is 72.7 Å². The number of aliphatic hydroxyl groups excluding tert-OH is 5. The van der Waals surface area contributed by atoms with Crippen LogP contribution in [0.2, 0.25) is 25.1 Å². The third-order valence-electron chi connectivity index (χ3n) is 31.7. The molecule has 0 unspecified atom stereocenters. The van der Waals surface area contributed by atoms with Gasteiger partial charge in [0.2, 0.25) is 5.91 Å². The second-order valence-electron chi connectivity index (χ2n) is 42.7. The Hall–Kier alpha value is -8.40. The fourth-order valence-corrected chi connectivity index (χ4v) is 23.3. The number of ether oxygens (including phenoxy) is 2. The number of alkyl halides is 2. The van der Waals surface area contributed by atoms with Gasteiger partial charge >= 0.3 is 0 Å². The lowest BCUT2D eigenvalue weighted by Crippen LogP contribution is -2.44. The molecule has 137 heavy (non-hydrogen) atoms. The van der Waals surface area contributed by atoms with Crippen LogP contribution < -0.4 is 0 Å². The molecule has 7 aliphatic rings. The second kappa shape index (κ2) is 45.2. The van der Waals surface area contributed by atoms with E-state index in [9.17, 15) is 39.1 Å². The van der Waals surface area contributed by atoms with Crippen LogP contribution in [-0.2, 0) is 14.3 Å². The van der Waals surface area contributed by atoms with Crippen molar-refractivity contribution in [3.8, 4) is 6.07 Å². The van der Waals surface area contributed by atoms with Gasteiger partial charge in [0.1, 0.15) is 0 Å². The lowest BCUT2D eigenvalue weighted by atomic mass is 9.68. The molecule has 0 bridgehead atoms. The van der Waals surface area contributed by atoms with Crippen LogP contribution in [0.25, 0.3) is 54.5 Å². The van der Waals surface area contributed by atoms with Crippen molar-refractivity contribution in [1.82, 2.24) is 75.5 Å². The number of H-pyrrole nitrogens is 5. The number of nitriles is 1. The van der Waals surface area contributed by atoms with Gasteiger partial charge in [-0.15, -0.1) is 0 Å². The van der Waals surface area contributed by atoms with E-state index in [1.54, 1.807) is 50.2 Å². The van der Waals surface area contributed by atoms with Crippen LogP contribution in [-0.4, -0.2) is 205 Å². The quantitative estimate of drug-likeness (QED) is 0.0218. The van der Waals surface area contributed by atoms with Gasteiger partial charge in [0.15, 0.2) is 0 Å². The number of aromatic amines is 5. The molecular weight excluding hydrogens is 1840 g/mol. The van der Waals surface area contributed by atoms with Crippen molar-refractivity contribution in [3.63, 3.8) is 0 Å². The van der Waals surface area contributed by atoms with E-state index in [2.05, 4.69) is 158 Å². The Morgan fingerprint density at radius 2 is 0.635 bits per heavy atom. The molecule has 1 saturated carbocycles. The molecule has 0 radical (unpaired) electrons. The first-order chi connectivity index (χ1) is 64.9. The number of carbonyl (C=O) groups excluding carboxylic acids is 1. The maximum absolute atomic E-state index is 13.1. The summed E-state index contributed by atoms with van der Waals surface area (Å²) in [6.45, 7) is 49.7. The highest BCUT2D eigenvalue weighted by atomic mass is 35.5. The molecule has 11 heterocycles. The number of carbonyl (C=O) groups is 1. The first-order valence-electron chi connectivity index (χ1n) is 48.7. The van der Waals surface area contributed by atoms with Gasteiger partial charge in [-0.2, -0.15) is 30.8 Å². The third kappa shape index (κ3) is 25.4. The minimum atomic E-state index is -2.99. The van der Waals surface area contributed by atoms with Crippen molar-refractivity contribution in [2.45, 2.75) is 228 Å². The summed E-state index contributed by atoms with van der Waals surface area (Å²) in [5.41, 5.74) is 11.1. The first-order valence-corrected chi connectivity index (χ1v) is 50.6. The van der Waals surface area contributed by atoms with E-state index in [1.165, 1.54) is 29.1 Å². The predicted octanol–water partition coefficient (Wildman–Crippen LogP) is 23.7. The molecule has 5 aromatic heterocycles. The molecule has 1 amide bonds. The van der Waals surface area contributed by atoms with Crippen molar-refractivity contribution in [1.29, 1.82) is 5.26 Å². The summed E-state index contributed by atoms with van der Waals surface area (Å²) < 4.78 is 36.9.